The van der Waals surface area contributed by atoms with Crippen LogP contribution >= 0.6 is 0 Å². The molecule has 0 aliphatic heterocycles. The van der Waals surface area contributed by atoms with Gasteiger partial charge in [-0.05, 0) is 31.5 Å². The van der Waals surface area contributed by atoms with Gasteiger partial charge >= 0.3 is 5.97 Å². The Labute approximate surface area is 126 Å². The molecule has 5 nitrogen and oxygen atoms in total. The summed E-state index contributed by atoms with van der Waals surface area (Å²) in [4.78, 5) is 11.2. The highest BCUT2D eigenvalue weighted by atomic mass is 32.2. The minimum absolute atomic E-state index is 0.370. The lowest BCUT2D eigenvalue weighted by Gasteiger charge is -2.24. The molecule has 0 bridgehead atoms. The van der Waals surface area contributed by atoms with Gasteiger partial charge in [0.1, 0.15) is 5.75 Å². The van der Waals surface area contributed by atoms with E-state index in [2.05, 4.69) is 17.0 Å². The Morgan fingerprint density at radius 1 is 1.29 bits per heavy atom. The van der Waals surface area contributed by atoms with E-state index in [-0.39, 0.29) is 6.04 Å². The number of methoxy groups -OCH3 is 1. The van der Waals surface area contributed by atoms with Crippen LogP contribution in [0, 0.1) is 0 Å². The van der Waals surface area contributed by atoms with Crippen LogP contribution in [-0.2, 0) is 25.8 Å². The molecule has 1 N–H and O–H groups in total. The second-order valence-corrected chi connectivity index (χ2v) is 7.31. The van der Waals surface area contributed by atoms with Gasteiger partial charge in [0, 0.05) is 6.04 Å². The minimum atomic E-state index is -3.58. The van der Waals surface area contributed by atoms with E-state index in [1.807, 2.05) is 24.3 Å². The van der Waals surface area contributed by atoms with Gasteiger partial charge in [0.15, 0.2) is 9.84 Å². The number of rotatable bonds is 7. The maximum absolute atomic E-state index is 12.3. The molecule has 6 heteroatoms. The number of hydrogen-bond donors (Lipinski definition) is 1. The van der Waals surface area contributed by atoms with Crippen molar-refractivity contribution in [2.45, 2.75) is 31.6 Å². The molecule has 0 heterocycles. The van der Waals surface area contributed by atoms with Crippen LogP contribution in [0.5, 0.6) is 0 Å². The van der Waals surface area contributed by atoms with E-state index in [0.29, 0.717) is 0 Å². The summed E-state index contributed by atoms with van der Waals surface area (Å²) in [5, 5.41) is 2.29. The van der Waals surface area contributed by atoms with Crippen molar-refractivity contribution in [1.82, 2.24) is 5.32 Å². The lowest BCUT2D eigenvalue weighted by Crippen LogP contribution is -2.36. The first-order valence-electron chi connectivity index (χ1n) is 6.90. The molecule has 2 unspecified atom stereocenters. The number of nitrogens with one attached hydrogen (secondary N) is 1. The summed E-state index contributed by atoms with van der Waals surface area (Å²) in [6.45, 7) is 3.67. The largest absolute Gasteiger partial charge is 0.468 e. The van der Waals surface area contributed by atoms with E-state index in [1.54, 1.807) is 14.0 Å². The molecule has 2 atom stereocenters. The van der Waals surface area contributed by atoms with Crippen LogP contribution in [0.15, 0.2) is 24.3 Å². The highest BCUT2D eigenvalue weighted by molar-refractivity contribution is 7.92. The van der Waals surface area contributed by atoms with E-state index in [4.69, 9.17) is 0 Å². The van der Waals surface area contributed by atoms with Gasteiger partial charge in [0.25, 0.3) is 0 Å². The summed E-state index contributed by atoms with van der Waals surface area (Å²) in [5.41, 5.74) is 2.08. The van der Waals surface area contributed by atoms with Crippen LogP contribution in [0.4, 0.5) is 0 Å². The number of carbonyl (C=O) groups excluding carboxylic acids is 1. The Morgan fingerprint density at radius 3 is 2.29 bits per heavy atom. The third-order valence-electron chi connectivity index (χ3n) is 3.64. The maximum atomic E-state index is 12.3. The zero-order valence-corrected chi connectivity index (χ0v) is 13.7. The third-order valence-corrected chi connectivity index (χ3v) is 5.68. The molecule has 0 saturated heterocycles. The summed E-state index contributed by atoms with van der Waals surface area (Å²) < 4.78 is 29.0. The molecule has 21 heavy (non-hydrogen) atoms. The summed E-state index contributed by atoms with van der Waals surface area (Å²) in [5.74, 6) is -1.34. The molecule has 0 fully saturated rings. The van der Waals surface area contributed by atoms with Crippen molar-refractivity contribution < 1.29 is 17.9 Å². The molecule has 0 aromatic heterocycles. The monoisotopic (exact) mass is 313 g/mol. The Kier molecular flexibility index (Phi) is 6.36. The molecular weight excluding hydrogens is 290 g/mol. The zero-order valence-electron chi connectivity index (χ0n) is 12.9. The quantitative estimate of drug-likeness (QED) is 0.772. The highest BCUT2D eigenvalue weighted by Crippen LogP contribution is 2.23. The zero-order chi connectivity index (χ0) is 16.0. The Balaban J connectivity index is 2.99. The molecule has 0 aliphatic carbocycles. The molecule has 1 aromatic carbocycles. The van der Waals surface area contributed by atoms with E-state index < -0.39 is 26.8 Å². The third kappa shape index (κ3) is 4.54. The highest BCUT2D eigenvalue weighted by Gasteiger charge is 2.31. The summed E-state index contributed by atoms with van der Waals surface area (Å²) in [6, 6.07) is 7.44. The molecule has 0 saturated carbocycles. The van der Waals surface area contributed by atoms with Gasteiger partial charge in [-0.3, -0.25) is 4.79 Å². The van der Waals surface area contributed by atoms with Crippen molar-refractivity contribution in [3.8, 4) is 0 Å². The van der Waals surface area contributed by atoms with E-state index in [9.17, 15) is 13.2 Å². The summed E-state index contributed by atoms with van der Waals surface area (Å²) >= 11 is 0. The lowest BCUT2D eigenvalue weighted by atomic mass is 10.0. The number of aryl methyl sites for hydroxylation is 1. The minimum Gasteiger partial charge on any atom is -0.468 e. The van der Waals surface area contributed by atoms with E-state index in [1.165, 1.54) is 12.7 Å². The van der Waals surface area contributed by atoms with Crippen LogP contribution in [0.25, 0.3) is 0 Å². The number of benzene rings is 1. The number of sulfone groups is 1. The smallest absolute Gasteiger partial charge is 0.320 e. The summed E-state index contributed by atoms with van der Waals surface area (Å²) in [6.07, 6.45) is 0.931. The first-order chi connectivity index (χ1) is 9.85. The predicted molar refractivity (Wildman–Crippen MR) is 82.9 cm³/mol. The predicted octanol–water partition coefficient (Wildman–Crippen LogP) is 1.49. The van der Waals surface area contributed by atoms with Gasteiger partial charge in [0.05, 0.1) is 12.4 Å². The second kappa shape index (κ2) is 7.56. The van der Waals surface area contributed by atoms with Crippen LogP contribution in [0.1, 0.15) is 31.0 Å². The van der Waals surface area contributed by atoms with Gasteiger partial charge in [0.2, 0.25) is 0 Å². The molecule has 1 rings (SSSR count). The van der Waals surface area contributed by atoms with Gasteiger partial charge < -0.3 is 10.1 Å². The molecule has 1 aromatic rings. The molecule has 118 valence electrons. The number of carbonyl (C=O) groups is 1. The first-order valence-corrected chi connectivity index (χ1v) is 8.61. The second-order valence-electron chi connectivity index (χ2n) is 4.95. The van der Waals surface area contributed by atoms with Crippen LogP contribution in [0.3, 0.4) is 0 Å². The fourth-order valence-electron chi connectivity index (χ4n) is 2.20. The SMILES string of the molecule is CCc1ccc(C(NC)C(C)S(=O)(=O)CC(=O)OC)cc1. The average molecular weight is 313 g/mol. The molecule has 0 aliphatic rings. The molecule has 0 radical (unpaired) electrons. The number of hydrogen-bond acceptors (Lipinski definition) is 5. The molecular formula is C15H23NO4S. The van der Waals surface area contributed by atoms with E-state index in [0.717, 1.165) is 12.0 Å². The summed E-state index contributed by atoms with van der Waals surface area (Å²) in [7, 11) is -0.691. The Bertz CT molecular complexity index is 566. The van der Waals surface area contributed by atoms with Crippen LogP contribution in [0.2, 0.25) is 0 Å². The van der Waals surface area contributed by atoms with Gasteiger partial charge in [-0.25, -0.2) is 8.42 Å². The Morgan fingerprint density at radius 2 is 1.86 bits per heavy atom. The van der Waals surface area contributed by atoms with Crippen molar-refractivity contribution in [2.24, 2.45) is 0 Å². The number of esters is 1. The van der Waals surface area contributed by atoms with Crippen molar-refractivity contribution >= 4 is 15.8 Å². The molecule has 0 spiro atoms. The van der Waals surface area contributed by atoms with Crippen molar-refractivity contribution in [3.05, 3.63) is 35.4 Å². The van der Waals surface area contributed by atoms with Gasteiger partial charge in [-0.1, -0.05) is 31.2 Å². The fourth-order valence-corrected chi connectivity index (χ4v) is 3.61. The fraction of sp³-hybridized carbons (Fsp3) is 0.533. The van der Waals surface area contributed by atoms with Crippen LogP contribution < -0.4 is 5.32 Å². The average Bonchev–Trinajstić information content (AvgIpc) is 2.48. The van der Waals surface area contributed by atoms with Crippen molar-refractivity contribution in [3.63, 3.8) is 0 Å². The van der Waals surface area contributed by atoms with Gasteiger partial charge in [-0.15, -0.1) is 0 Å². The van der Waals surface area contributed by atoms with Crippen molar-refractivity contribution in [2.75, 3.05) is 19.9 Å². The number of ether oxygens (including phenoxy) is 1. The maximum Gasteiger partial charge on any atom is 0.320 e. The topological polar surface area (TPSA) is 72.5 Å². The lowest BCUT2D eigenvalue weighted by molar-refractivity contribution is -0.137. The van der Waals surface area contributed by atoms with Gasteiger partial charge in [-0.2, -0.15) is 0 Å². The van der Waals surface area contributed by atoms with Crippen molar-refractivity contribution in [1.29, 1.82) is 0 Å². The van der Waals surface area contributed by atoms with Crippen LogP contribution in [-0.4, -0.2) is 39.5 Å². The van der Waals surface area contributed by atoms with E-state index >= 15 is 0 Å². The standard InChI is InChI=1S/C15H23NO4S/c1-5-12-6-8-13(9-7-12)15(16-3)11(2)21(18,19)10-14(17)20-4/h6-9,11,15-16H,5,10H2,1-4H3. The normalized spacial score (nSPS) is 14.5. The molecule has 0 amide bonds. The first kappa shape index (κ1) is 17.7. The Hall–Kier alpha value is -1.40.